The maximum atomic E-state index is 13.1. The Labute approximate surface area is 201 Å². The van der Waals surface area contributed by atoms with E-state index in [1.54, 1.807) is 37.7 Å². The van der Waals surface area contributed by atoms with Crippen LogP contribution in [0.5, 0.6) is 11.5 Å². The number of pyridine rings is 1. The molecule has 1 aromatic heterocycles. The Morgan fingerprint density at radius 3 is 2.62 bits per heavy atom. The SMILES string of the molecule is CCOc1cc(C(=O)N2CCN(CC(=O)NCCCOC)CC2)ccc1OCc1cccnc1. The van der Waals surface area contributed by atoms with Gasteiger partial charge in [0.2, 0.25) is 5.91 Å². The molecule has 1 fully saturated rings. The van der Waals surface area contributed by atoms with Gasteiger partial charge in [-0.2, -0.15) is 0 Å². The van der Waals surface area contributed by atoms with Gasteiger partial charge in [0.05, 0.1) is 13.2 Å². The van der Waals surface area contributed by atoms with Crippen LogP contribution in [0.2, 0.25) is 0 Å². The lowest BCUT2D eigenvalue weighted by Crippen LogP contribution is -2.51. The summed E-state index contributed by atoms with van der Waals surface area (Å²) in [5, 5.41) is 2.90. The molecule has 9 nitrogen and oxygen atoms in total. The Morgan fingerprint density at radius 1 is 1.09 bits per heavy atom. The Bertz CT molecular complexity index is 917. The molecule has 2 amide bonds. The first-order chi connectivity index (χ1) is 16.6. The van der Waals surface area contributed by atoms with E-state index in [4.69, 9.17) is 14.2 Å². The standard InChI is InChI=1S/C25H34N4O5/c1-3-33-23-16-21(7-8-22(23)34-19-20-6-4-9-26-17-20)25(31)29-13-11-28(12-14-29)18-24(30)27-10-5-15-32-2/h4,6-9,16-17H,3,5,10-15,18-19H2,1-2H3,(H,27,30). The molecule has 3 rings (SSSR count). The van der Waals surface area contributed by atoms with E-state index in [0.717, 1.165) is 12.0 Å². The van der Waals surface area contributed by atoms with Gasteiger partial charge in [0.25, 0.3) is 5.91 Å². The molecule has 0 spiro atoms. The zero-order valence-corrected chi connectivity index (χ0v) is 20.0. The molecule has 34 heavy (non-hydrogen) atoms. The molecule has 1 N–H and O–H groups in total. The zero-order chi connectivity index (χ0) is 24.2. The van der Waals surface area contributed by atoms with Crippen LogP contribution in [0.15, 0.2) is 42.7 Å². The Hall–Kier alpha value is -3.17. The number of hydrogen-bond acceptors (Lipinski definition) is 7. The van der Waals surface area contributed by atoms with Crippen molar-refractivity contribution in [2.45, 2.75) is 20.0 Å². The van der Waals surface area contributed by atoms with E-state index in [2.05, 4.69) is 15.2 Å². The third-order valence-corrected chi connectivity index (χ3v) is 5.48. The number of hydrogen-bond donors (Lipinski definition) is 1. The second-order valence-corrected chi connectivity index (χ2v) is 8.01. The number of carbonyl (C=O) groups excluding carboxylic acids is 2. The summed E-state index contributed by atoms with van der Waals surface area (Å²) in [6.45, 7) is 6.75. The van der Waals surface area contributed by atoms with Crippen molar-refractivity contribution in [1.29, 1.82) is 0 Å². The molecular weight excluding hydrogens is 436 g/mol. The summed E-state index contributed by atoms with van der Waals surface area (Å²) in [7, 11) is 1.65. The minimum Gasteiger partial charge on any atom is -0.490 e. The third kappa shape index (κ3) is 7.71. The van der Waals surface area contributed by atoms with Crippen LogP contribution in [0.4, 0.5) is 0 Å². The van der Waals surface area contributed by atoms with E-state index in [1.807, 2.05) is 24.0 Å². The van der Waals surface area contributed by atoms with Crippen molar-refractivity contribution in [3.63, 3.8) is 0 Å². The average Bonchev–Trinajstić information content (AvgIpc) is 2.87. The first-order valence-corrected chi connectivity index (χ1v) is 11.7. The quantitative estimate of drug-likeness (QED) is 0.474. The monoisotopic (exact) mass is 470 g/mol. The van der Waals surface area contributed by atoms with Crippen LogP contribution in [0.1, 0.15) is 29.3 Å². The van der Waals surface area contributed by atoms with E-state index < -0.39 is 0 Å². The molecule has 0 radical (unpaired) electrons. The summed E-state index contributed by atoms with van der Waals surface area (Å²) in [5.74, 6) is 1.08. The van der Waals surface area contributed by atoms with E-state index in [9.17, 15) is 9.59 Å². The zero-order valence-electron chi connectivity index (χ0n) is 20.0. The molecule has 1 aliphatic heterocycles. The van der Waals surface area contributed by atoms with Gasteiger partial charge in [-0.3, -0.25) is 19.5 Å². The third-order valence-electron chi connectivity index (χ3n) is 5.48. The van der Waals surface area contributed by atoms with Crippen LogP contribution < -0.4 is 14.8 Å². The molecule has 9 heteroatoms. The maximum Gasteiger partial charge on any atom is 0.254 e. The molecule has 2 aromatic rings. The molecule has 0 atom stereocenters. The predicted molar refractivity (Wildman–Crippen MR) is 128 cm³/mol. The van der Waals surface area contributed by atoms with Gasteiger partial charge >= 0.3 is 0 Å². The first kappa shape index (κ1) is 25.5. The average molecular weight is 471 g/mol. The van der Waals surface area contributed by atoms with Crippen molar-refractivity contribution in [2.75, 3.05) is 59.6 Å². The molecule has 0 aliphatic carbocycles. The highest BCUT2D eigenvalue weighted by molar-refractivity contribution is 5.95. The van der Waals surface area contributed by atoms with Gasteiger partial charge in [-0.25, -0.2) is 0 Å². The lowest BCUT2D eigenvalue weighted by molar-refractivity contribution is -0.122. The number of nitrogens with one attached hydrogen (secondary N) is 1. The number of amides is 2. The highest BCUT2D eigenvalue weighted by atomic mass is 16.5. The van der Waals surface area contributed by atoms with Crippen LogP contribution in [0.25, 0.3) is 0 Å². The van der Waals surface area contributed by atoms with Crippen LogP contribution in [-0.4, -0.2) is 86.2 Å². The number of rotatable bonds is 12. The van der Waals surface area contributed by atoms with Crippen LogP contribution in [-0.2, 0) is 16.1 Å². The number of aromatic nitrogens is 1. The molecule has 1 saturated heterocycles. The van der Waals surface area contributed by atoms with E-state index in [0.29, 0.717) is 76.2 Å². The molecule has 0 unspecified atom stereocenters. The maximum absolute atomic E-state index is 13.1. The van der Waals surface area contributed by atoms with Gasteiger partial charge in [-0.15, -0.1) is 0 Å². The first-order valence-electron chi connectivity index (χ1n) is 11.7. The van der Waals surface area contributed by atoms with Gasteiger partial charge in [-0.1, -0.05) is 6.07 Å². The molecule has 0 saturated carbocycles. The van der Waals surface area contributed by atoms with E-state index in [-0.39, 0.29) is 11.8 Å². The molecule has 1 aromatic carbocycles. The summed E-state index contributed by atoms with van der Waals surface area (Å²) in [6, 6.07) is 9.08. The van der Waals surface area contributed by atoms with Gasteiger partial charge in [-0.05, 0) is 37.6 Å². The second-order valence-electron chi connectivity index (χ2n) is 8.01. The van der Waals surface area contributed by atoms with Gasteiger partial charge < -0.3 is 24.4 Å². The smallest absolute Gasteiger partial charge is 0.254 e. The van der Waals surface area contributed by atoms with Crippen molar-refractivity contribution >= 4 is 11.8 Å². The molecule has 2 heterocycles. The predicted octanol–water partition coefficient (Wildman–Crippen LogP) is 1.97. The Kier molecular flexibility index (Phi) is 10.1. The molecule has 1 aliphatic rings. The topological polar surface area (TPSA) is 93.2 Å². The fourth-order valence-corrected chi connectivity index (χ4v) is 3.67. The summed E-state index contributed by atoms with van der Waals surface area (Å²) < 4.78 is 16.6. The van der Waals surface area contributed by atoms with Crippen molar-refractivity contribution in [2.24, 2.45) is 0 Å². The number of ether oxygens (including phenoxy) is 3. The molecule has 0 bridgehead atoms. The van der Waals surface area contributed by atoms with Crippen LogP contribution in [0.3, 0.4) is 0 Å². The normalized spacial score (nSPS) is 14.0. The van der Waals surface area contributed by atoms with Crippen molar-refractivity contribution in [1.82, 2.24) is 20.1 Å². The Morgan fingerprint density at radius 2 is 1.91 bits per heavy atom. The van der Waals surface area contributed by atoms with Crippen molar-refractivity contribution < 1.29 is 23.8 Å². The largest absolute Gasteiger partial charge is 0.490 e. The van der Waals surface area contributed by atoms with E-state index in [1.165, 1.54) is 0 Å². The van der Waals surface area contributed by atoms with E-state index >= 15 is 0 Å². The highest BCUT2D eigenvalue weighted by Crippen LogP contribution is 2.30. The van der Waals surface area contributed by atoms with Crippen molar-refractivity contribution in [3.05, 3.63) is 53.9 Å². The number of benzene rings is 1. The minimum atomic E-state index is -0.0524. The summed E-state index contributed by atoms with van der Waals surface area (Å²) >= 11 is 0. The fraction of sp³-hybridized carbons (Fsp3) is 0.480. The van der Waals surface area contributed by atoms with Gasteiger partial charge in [0, 0.05) is 70.0 Å². The lowest BCUT2D eigenvalue weighted by Gasteiger charge is -2.34. The highest BCUT2D eigenvalue weighted by Gasteiger charge is 2.24. The van der Waals surface area contributed by atoms with Gasteiger partial charge in [0.15, 0.2) is 11.5 Å². The second kappa shape index (κ2) is 13.5. The summed E-state index contributed by atoms with van der Waals surface area (Å²) in [4.78, 5) is 33.1. The lowest BCUT2D eigenvalue weighted by atomic mass is 10.1. The fourth-order valence-electron chi connectivity index (χ4n) is 3.67. The number of methoxy groups -OCH3 is 1. The van der Waals surface area contributed by atoms with Crippen LogP contribution in [0, 0.1) is 0 Å². The summed E-state index contributed by atoms with van der Waals surface area (Å²) in [5.41, 5.74) is 1.51. The Balaban J connectivity index is 1.52. The number of carbonyl (C=O) groups is 2. The van der Waals surface area contributed by atoms with Crippen LogP contribution >= 0.6 is 0 Å². The number of piperazine rings is 1. The minimum absolute atomic E-state index is 0.000825. The number of nitrogens with zero attached hydrogens (tertiary/aromatic N) is 3. The summed E-state index contributed by atoms with van der Waals surface area (Å²) in [6.07, 6.45) is 4.26. The molecule has 184 valence electrons. The van der Waals surface area contributed by atoms with Crippen molar-refractivity contribution in [3.8, 4) is 11.5 Å². The molecular formula is C25H34N4O5. The van der Waals surface area contributed by atoms with Gasteiger partial charge in [0.1, 0.15) is 6.61 Å².